The Morgan fingerprint density at radius 1 is 1.44 bits per heavy atom. The summed E-state index contributed by atoms with van der Waals surface area (Å²) in [7, 11) is 0. The molecule has 1 fully saturated rings. The molecule has 1 saturated heterocycles. The van der Waals surface area contributed by atoms with Crippen molar-refractivity contribution in [2.45, 2.75) is 18.6 Å². The quantitative estimate of drug-likeness (QED) is 0.716. The molecule has 0 aliphatic carbocycles. The number of fused-ring (bicyclic) bond motifs is 3. The van der Waals surface area contributed by atoms with E-state index in [0.717, 1.165) is 4.90 Å². The van der Waals surface area contributed by atoms with Gasteiger partial charge in [0.2, 0.25) is 0 Å². The summed E-state index contributed by atoms with van der Waals surface area (Å²) in [5.41, 5.74) is 0.616. The van der Waals surface area contributed by atoms with Crippen LogP contribution in [0.5, 0.6) is 0 Å². The topological polar surface area (TPSA) is 89.8 Å². The van der Waals surface area contributed by atoms with Crippen LogP contribution in [0.2, 0.25) is 5.15 Å². The largest absolute Gasteiger partial charge is 0.465 e. The van der Waals surface area contributed by atoms with Crippen LogP contribution in [0.4, 0.5) is 16.3 Å². The van der Waals surface area contributed by atoms with Crippen LogP contribution in [0.1, 0.15) is 6.42 Å². The first-order chi connectivity index (χ1) is 8.56. The third-order valence-corrected chi connectivity index (χ3v) is 3.49. The molecule has 1 amide bonds. The average molecular weight is 271 g/mol. The fourth-order valence-corrected chi connectivity index (χ4v) is 2.72. The zero-order valence-corrected chi connectivity index (χ0v) is 10.1. The molecular weight excluding hydrogens is 260 g/mol. The van der Waals surface area contributed by atoms with Crippen molar-refractivity contribution in [3.8, 4) is 0 Å². The van der Waals surface area contributed by atoms with Gasteiger partial charge in [-0.05, 0) is 6.42 Å². The van der Waals surface area contributed by atoms with Crippen molar-refractivity contribution in [1.29, 1.82) is 0 Å². The zero-order chi connectivity index (χ0) is 12.9. The van der Waals surface area contributed by atoms with E-state index in [9.17, 15) is 15.0 Å². The Morgan fingerprint density at radius 2 is 2.22 bits per heavy atom. The van der Waals surface area contributed by atoms with E-state index in [0.29, 0.717) is 18.7 Å². The molecule has 0 saturated carbocycles. The Hall–Kier alpha value is -1.60. The van der Waals surface area contributed by atoms with Crippen LogP contribution >= 0.6 is 11.6 Å². The molecule has 2 aliphatic heterocycles. The molecule has 0 unspecified atom stereocenters. The van der Waals surface area contributed by atoms with Crippen LogP contribution < -0.4 is 9.80 Å². The van der Waals surface area contributed by atoms with Gasteiger partial charge in [0.1, 0.15) is 0 Å². The maximum absolute atomic E-state index is 11.2. The Kier molecular flexibility index (Phi) is 2.53. The van der Waals surface area contributed by atoms with Gasteiger partial charge in [-0.15, -0.1) is 10.2 Å². The minimum atomic E-state index is -1.08. The molecule has 1 aromatic rings. The molecule has 3 rings (SSSR count). The molecule has 7 nitrogen and oxygen atoms in total. The van der Waals surface area contributed by atoms with Gasteiger partial charge >= 0.3 is 6.09 Å². The van der Waals surface area contributed by atoms with Gasteiger partial charge < -0.3 is 15.1 Å². The van der Waals surface area contributed by atoms with E-state index >= 15 is 0 Å². The first-order valence-corrected chi connectivity index (χ1v) is 5.92. The number of hydrogen-bond donors (Lipinski definition) is 2. The van der Waals surface area contributed by atoms with E-state index in [2.05, 4.69) is 10.2 Å². The SMILES string of the molecule is O=C(O)N1C[C@@H]2C[C@H](O)CN2c2cc(Cl)nnc21. The number of anilines is 2. The molecule has 2 N–H and O–H groups in total. The second-order valence-corrected chi connectivity index (χ2v) is 4.85. The molecule has 2 atom stereocenters. The van der Waals surface area contributed by atoms with Crippen molar-refractivity contribution in [2.75, 3.05) is 22.9 Å². The van der Waals surface area contributed by atoms with Gasteiger partial charge in [0.05, 0.1) is 18.3 Å². The third-order valence-electron chi connectivity index (χ3n) is 3.31. The van der Waals surface area contributed by atoms with Crippen molar-refractivity contribution in [3.63, 3.8) is 0 Å². The predicted octanol–water partition coefficient (Wildman–Crippen LogP) is 0.568. The van der Waals surface area contributed by atoms with E-state index < -0.39 is 12.2 Å². The fraction of sp³-hybridized carbons (Fsp3) is 0.500. The molecular formula is C10H11ClN4O3. The molecule has 0 spiro atoms. The lowest BCUT2D eigenvalue weighted by Gasteiger charge is -2.37. The van der Waals surface area contributed by atoms with Gasteiger partial charge in [0.25, 0.3) is 0 Å². The maximum atomic E-state index is 11.2. The molecule has 3 heterocycles. The zero-order valence-electron chi connectivity index (χ0n) is 9.32. The van der Waals surface area contributed by atoms with Gasteiger partial charge in [0.15, 0.2) is 11.0 Å². The third kappa shape index (κ3) is 1.67. The fourth-order valence-electron chi connectivity index (χ4n) is 2.58. The Morgan fingerprint density at radius 3 is 2.94 bits per heavy atom. The highest BCUT2D eigenvalue weighted by atomic mass is 35.5. The smallest absolute Gasteiger partial charge is 0.413 e. The number of amides is 1. The molecule has 1 aromatic heterocycles. The summed E-state index contributed by atoms with van der Waals surface area (Å²) < 4.78 is 0. The number of rotatable bonds is 0. The number of aliphatic hydroxyl groups excluding tert-OH is 1. The second kappa shape index (κ2) is 3.96. The van der Waals surface area contributed by atoms with E-state index in [1.165, 1.54) is 0 Å². The lowest BCUT2D eigenvalue weighted by atomic mass is 10.1. The number of carboxylic acid groups (broad SMARTS) is 1. The summed E-state index contributed by atoms with van der Waals surface area (Å²) in [5.74, 6) is 0.275. The lowest BCUT2D eigenvalue weighted by Crippen LogP contribution is -2.48. The highest BCUT2D eigenvalue weighted by molar-refractivity contribution is 6.29. The second-order valence-electron chi connectivity index (χ2n) is 4.46. The highest BCUT2D eigenvalue weighted by Gasteiger charge is 2.41. The van der Waals surface area contributed by atoms with Crippen molar-refractivity contribution >= 4 is 29.2 Å². The standard InChI is InChI=1S/C10H11ClN4O3/c11-8-2-7-9(13-12-8)15(10(17)18)3-5-1-6(16)4-14(5)7/h2,5-6,16H,1,3-4H2,(H,17,18)/t5-,6-/m0/s1. The normalized spacial score (nSPS) is 25.9. The number of aliphatic hydroxyl groups is 1. The highest BCUT2D eigenvalue weighted by Crippen LogP contribution is 2.38. The summed E-state index contributed by atoms with van der Waals surface area (Å²) in [6.07, 6.45) is -0.985. The average Bonchev–Trinajstić information content (AvgIpc) is 2.68. The van der Waals surface area contributed by atoms with Gasteiger partial charge in [-0.25, -0.2) is 4.79 Å². The van der Waals surface area contributed by atoms with Crippen LogP contribution in [0.3, 0.4) is 0 Å². The van der Waals surface area contributed by atoms with Gasteiger partial charge in [-0.1, -0.05) is 11.6 Å². The number of nitrogens with zero attached hydrogens (tertiary/aromatic N) is 4. The Labute approximate surface area is 108 Å². The predicted molar refractivity (Wildman–Crippen MR) is 64.2 cm³/mol. The van der Waals surface area contributed by atoms with E-state index in [-0.39, 0.29) is 23.6 Å². The van der Waals surface area contributed by atoms with Crippen molar-refractivity contribution < 1.29 is 15.0 Å². The summed E-state index contributed by atoms with van der Waals surface area (Å²) in [4.78, 5) is 14.3. The van der Waals surface area contributed by atoms with E-state index in [4.69, 9.17) is 11.6 Å². The van der Waals surface area contributed by atoms with Gasteiger partial charge in [-0.2, -0.15) is 0 Å². The summed E-state index contributed by atoms with van der Waals surface area (Å²) in [5, 5.41) is 26.6. The summed E-state index contributed by atoms with van der Waals surface area (Å²) >= 11 is 5.80. The number of aromatic nitrogens is 2. The van der Waals surface area contributed by atoms with Crippen molar-refractivity contribution in [3.05, 3.63) is 11.2 Å². The van der Waals surface area contributed by atoms with Gasteiger partial charge in [0, 0.05) is 18.7 Å². The first-order valence-electron chi connectivity index (χ1n) is 5.54. The Balaban J connectivity index is 2.09. The lowest BCUT2D eigenvalue weighted by molar-refractivity contribution is 0.191. The molecule has 2 aliphatic rings. The van der Waals surface area contributed by atoms with Crippen molar-refractivity contribution in [2.24, 2.45) is 0 Å². The molecule has 0 bridgehead atoms. The molecule has 8 heteroatoms. The van der Waals surface area contributed by atoms with E-state index in [1.54, 1.807) is 6.07 Å². The van der Waals surface area contributed by atoms with Crippen molar-refractivity contribution in [1.82, 2.24) is 10.2 Å². The van der Waals surface area contributed by atoms with Crippen LogP contribution in [0.15, 0.2) is 6.07 Å². The maximum Gasteiger partial charge on any atom is 0.413 e. The van der Waals surface area contributed by atoms with E-state index in [1.807, 2.05) is 4.90 Å². The van der Waals surface area contributed by atoms with Crippen LogP contribution in [-0.2, 0) is 0 Å². The number of carbonyl (C=O) groups is 1. The molecule has 0 radical (unpaired) electrons. The molecule has 18 heavy (non-hydrogen) atoms. The minimum Gasteiger partial charge on any atom is -0.465 e. The summed E-state index contributed by atoms with van der Waals surface area (Å²) in [6.45, 7) is 0.753. The number of hydrogen-bond acceptors (Lipinski definition) is 5. The Bertz CT molecular complexity index is 512. The van der Waals surface area contributed by atoms with Crippen LogP contribution in [0, 0.1) is 0 Å². The number of halogens is 1. The van der Waals surface area contributed by atoms with Crippen LogP contribution in [0.25, 0.3) is 0 Å². The summed E-state index contributed by atoms with van der Waals surface area (Å²) in [6, 6.07) is 1.55. The monoisotopic (exact) mass is 270 g/mol. The van der Waals surface area contributed by atoms with Crippen LogP contribution in [-0.4, -0.2) is 51.7 Å². The van der Waals surface area contributed by atoms with Gasteiger partial charge in [-0.3, -0.25) is 4.90 Å². The minimum absolute atomic E-state index is 0.0381. The molecule has 0 aromatic carbocycles. The first kappa shape index (κ1) is 11.5. The molecule has 96 valence electrons.